The van der Waals surface area contributed by atoms with E-state index in [0.717, 1.165) is 55.2 Å². The van der Waals surface area contributed by atoms with Gasteiger partial charge in [0.1, 0.15) is 29.8 Å². The summed E-state index contributed by atoms with van der Waals surface area (Å²) < 4.78 is 11.1. The molecule has 3 aromatic carbocycles. The number of aliphatic carboxylic acids is 1. The van der Waals surface area contributed by atoms with Gasteiger partial charge in [0, 0.05) is 52.9 Å². The molecule has 1 amide bonds. The Kier molecular flexibility index (Phi) is 12.7. The highest BCUT2D eigenvalue weighted by Crippen LogP contribution is 2.67. The molecule has 3 heterocycles. The molecule has 1 aromatic heterocycles. The molecule has 3 aliphatic carbocycles. The number of aromatic nitrogens is 2. The third-order valence-electron chi connectivity index (χ3n) is 15.3. The number of imidazole rings is 1. The van der Waals surface area contributed by atoms with Crippen LogP contribution in [-0.4, -0.2) is 121 Å². The number of nitrogens with one attached hydrogen (secondary N) is 1. The number of H-pyrrole nitrogens is 1. The minimum Gasteiger partial charge on any atom is -0.508 e. The molecule has 2 saturated carbocycles. The predicted octanol–water partition coefficient (Wildman–Crippen LogP) is 4.52. The summed E-state index contributed by atoms with van der Waals surface area (Å²) in [5, 5.41) is 111. The number of carbonyl (C=O) groups is 2. The quantitative estimate of drug-likeness (QED) is 0.0500. The van der Waals surface area contributed by atoms with Crippen molar-refractivity contribution in [3.8, 4) is 23.0 Å². The van der Waals surface area contributed by atoms with Crippen LogP contribution < -0.4 is 9.64 Å². The number of fused-ring (bicyclic) bond motifs is 3. The number of nitrogens with zero attached hydrogens (tertiary/aromatic N) is 2. The zero-order valence-electron chi connectivity index (χ0n) is 37.4. The summed E-state index contributed by atoms with van der Waals surface area (Å²) in [6, 6.07) is 14.1. The number of ether oxygens (including phenoxy) is 2. The topological polar surface area (TPSA) is 287 Å². The fourth-order valence-electron chi connectivity index (χ4n) is 12.0. The lowest BCUT2D eigenvalue weighted by Gasteiger charge is -2.48. The van der Waals surface area contributed by atoms with E-state index in [4.69, 9.17) is 9.47 Å². The Hall–Kier alpha value is -5.79. The number of aromatic amines is 1. The van der Waals surface area contributed by atoms with Gasteiger partial charge in [-0.15, -0.1) is 0 Å². The Labute approximate surface area is 392 Å². The van der Waals surface area contributed by atoms with Crippen molar-refractivity contribution in [1.82, 2.24) is 9.97 Å². The lowest BCUT2D eigenvalue weighted by atomic mass is 9.55. The Morgan fingerprint density at radius 1 is 0.868 bits per heavy atom. The number of hydrogen-bond donors (Lipinski definition) is 11. The molecule has 8 atom stereocenters. The zero-order valence-corrected chi connectivity index (χ0v) is 37.4. The summed E-state index contributed by atoms with van der Waals surface area (Å²) in [4.78, 5) is 38.0. The monoisotopic (exact) mass is 937 g/mol. The molecule has 9 rings (SSSR count). The molecule has 362 valence electrons. The average Bonchev–Trinajstić information content (AvgIpc) is 4.04. The Morgan fingerprint density at radius 2 is 1.59 bits per heavy atom. The molecule has 0 bridgehead atoms. The zero-order chi connectivity index (χ0) is 48.2. The summed E-state index contributed by atoms with van der Waals surface area (Å²) >= 11 is 0. The number of benzene rings is 3. The number of amides is 1. The van der Waals surface area contributed by atoms with E-state index in [0.29, 0.717) is 60.8 Å². The van der Waals surface area contributed by atoms with Gasteiger partial charge in [-0.05, 0) is 92.0 Å². The number of carbonyl (C=O) groups excluding carboxylic acids is 1. The van der Waals surface area contributed by atoms with Crippen LogP contribution in [0.15, 0.2) is 84.8 Å². The van der Waals surface area contributed by atoms with Crippen LogP contribution in [0, 0.1) is 5.92 Å². The molecule has 0 unspecified atom stereocenters. The molecule has 5 aliphatic rings. The number of hydrogen-bond acceptors (Lipinski definition) is 14. The normalized spacial score (nSPS) is 29.6. The van der Waals surface area contributed by atoms with Crippen molar-refractivity contribution >= 4 is 23.6 Å². The van der Waals surface area contributed by atoms with Gasteiger partial charge in [-0.1, -0.05) is 68.4 Å². The van der Waals surface area contributed by atoms with E-state index in [-0.39, 0.29) is 29.2 Å². The van der Waals surface area contributed by atoms with Crippen LogP contribution >= 0.6 is 0 Å². The molecule has 3 fully saturated rings. The van der Waals surface area contributed by atoms with Crippen LogP contribution in [-0.2, 0) is 26.2 Å². The van der Waals surface area contributed by atoms with Gasteiger partial charge in [-0.3, -0.25) is 9.69 Å². The fourth-order valence-corrected chi connectivity index (χ4v) is 12.0. The number of para-hydroxylation sites is 1. The van der Waals surface area contributed by atoms with Crippen molar-refractivity contribution in [3.63, 3.8) is 0 Å². The highest BCUT2D eigenvalue weighted by atomic mass is 16.8. The third kappa shape index (κ3) is 8.12. The molecular formula is C51H59N3O14. The minimum absolute atomic E-state index is 0.00579. The lowest BCUT2D eigenvalue weighted by molar-refractivity contribution is -0.422. The second kappa shape index (κ2) is 18.3. The highest BCUT2D eigenvalue weighted by molar-refractivity contribution is 6.13. The number of phenols is 3. The number of anilines is 1. The molecule has 68 heavy (non-hydrogen) atoms. The largest absolute Gasteiger partial charge is 0.508 e. The standard InChI is InChI=1S/C51H59N3O14/c55-27-40-44(60)45(61)46(62)51(66,68-40)67-39-24-35-33(23-38(39)58)43-42(49(18-7-2-8-19-49)34-9-3-4-10-37(34)57)30(15-20-48(65)16-5-1-6-17-48)25-50(43,47(63)64)54(35)41(59)14-12-29-11-13-36(56)31(21-29)22-32-26-52-28-53-32/h3-4,9-14,21,23-26,28,40,42-46,55-58,60-62,65-66H,1-2,5-8,15-20,22,27H2,(H,52,53)(H,63,64)/b14-12+/t40-,42-,43+,44-,45+,46-,50-,51+/m1/s1. The highest BCUT2D eigenvalue weighted by Gasteiger charge is 2.68. The van der Waals surface area contributed by atoms with Crippen molar-refractivity contribution < 1.29 is 70.1 Å². The number of carboxylic acid groups (broad SMARTS) is 1. The van der Waals surface area contributed by atoms with Crippen LogP contribution in [0.3, 0.4) is 0 Å². The number of aromatic hydroxyl groups is 3. The van der Waals surface area contributed by atoms with Crippen LogP contribution in [0.25, 0.3) is 6.08 Å². The van der Waals surface area contributed by atoms with Gasteiger partial charge in [0.25, 0.3) is 5.91 Å². The molecule has 2 aliphatic heterocycles. The van der Waals surface area contributed by atoms with E-state index in [1.165, 1.54) is 30.6 Å². The van der Waals surface area contributed by atoms with Gasteiger partial charge >= 0.3 is 11.9 Å². The van der Waals surface area contributed by atoms with Gasteiger partial charge in [0.05, 0.1) is 24.2 Å². The van der Waals surface area contributed by atoms with Crippen molar-refractivity contribution in [2.45, 2.75) is 136 Å². The van der Waals surface area contributed by atoms with E-state index in [9.17, 15) is 55.9 Å². The second-order valence-electron chi connectivity index (χ2n) is 19.3. The maximum atomic E-state index is 15.3. The number of allylic oxidation sites excluding steroid dienone is 1. The van der Waals surface area contributed by atoms with E-state index < -0.39 is 88.8 Å². The maximum Gasteiger partial charge on any atom is 0.355 e. The molecule has 0 radical (unpaired) electrons. The SMILES string of the molecule is O=C(/C=C/c1ccc(O)c(Cc2cnc[nH]2)c1)N1c2cc(O[C@]3(O)O[C@H](CO)[C@@H](O)[C@H](O)[C@H]3O)c(O)cc2[C@H]2[C@H](C3(c4ccccc4O)CCCCC3)C(CCC3(O)CCCCC3)=C[C@]21C(=O)O. The fraction of sp³-hybridized carbons (Fsp3) is 0.471. The van der Waals surface area contributed by atoms with Crippen molar-refractivity contribution in [2.24, 2.45) is 5.92 Å². The second-order valence-corrected chi connectivity index (χ2v) is 19.3. The van der Waals surface area contributed by atoms with Crippen molar-refractivity contribution in [3.05, 3.63) is 113 Å². The minimum atomic E-state index is -3.18. The number of phenolic OH excluding ortho intramolecular Hbond substituents is 3. The van der Waals surface area contributed by atoms with Crippen LogP contribution in [0.1, 0.15) is 111 Å². The van der Waals surface area contributed by atoms with E-state index in [1.54, 1.807) is 36.5 Å². The third-order valence-corrected chi connectivity index (χ3v) is 15.3. The van der Waals surface area contributed by atoms with Gasteiger partial charge in [-0.2, -0.15) is 0 Å². The number of aliphatic hydroxyl groups is 6. The first kappa shape index (κ1) is 47.3. The van der Waals surface area contributed by atoms with Gasteiger partial charge in [0.15, 0.2) is 23.1 Å². The first-order chi connectivity index (χ1) is 32.5. The molecule has 17 heteroatoms. The Morgan fingerprint density at radius 3 is 2.26 bits per heavy atom. The maximum absolute atomic E-state index is 15.3. The molecule has 4 aromatic rings. The predicted molar refractivity (Wildman–Crippen MR) is 245 cm³/mol. The van der Waals surface area contributed by atoms with E-state index >= 15 is 4.79 Å². The lowest BCUT2D eigenvalue weighted by Crippen LogP contribution is -2.67. The average molecular weight is 938 g/mol. The molecule has 17 nitrogen and oxygen atoms in total. The summed E-state index contributed by atoms with van der Waals surface area (Å²) in [6.45, 7) is -0.915. The number of aliphatic hydroxyl groups excluding tert-OH is 4. The Balaban J connectivity index is 1.22. The van der Waals surface area contributed by atoms with Crippen LogP contribution in [0.5, 0.6) is 23.0 Å². The van der Waals surface area contributed by atoms with E-state index in [1.807, 2.05) is 12.1 Å². The summed E-state index contributed by atoms with van der Waals surface area (Å²) in [5.74, 6) is -8.48. The Bertz CT molecular complexity index is 2580. The summed E-state index contributed by atoms with van der Waals surface area (Å²) in [5.41, 5.74) is -0.876. The van der Waals surface area contributed by atoms with Gasteiger partial charge in [-0.25, -0.2) is 9.78 Å². The summed E-state index contributed by atoms with van der Waals surface area (Å²) in [7, 11) is 0. The first-order valence-corrected chi connectivity index (χ1v) is 23.4. The van der Waals surface area contributed by atoms with Gasteiger partial charge < -0.3 is 65.5 Å². The molecule has 11 N–H and O–H groups in total. The number of carboxylic acids is 1. The summed E-state index contributed by atoms with van der Waals surface area (Å²) in [6.07, 6.45) is 7.72. The van der Waals surface area contributed by atoms with Gasteiger partial charge in [0.2, 0.25) is 0 Å². The van der Waals surface area contributed by atoms with E-state index in [2.05, 4.69) is 9.97 Å². The van der Waals surface area contributed by atoms with Crippen LogP contribution in [0.2, 0.25) is 0 Å². The molecular weight excluding hydrogens is 879 g/mol. The van der Waals surface area contributed by atoms with Crippen molar-refractivity contribution in [2.75, 3.05) is 11.5 Å². The van der Waals surface area contributed by atoms with Crippen LogP contribution in [0.4, 0.5) is 5.69 Å². The van der Waals surface area contributed by atoms with Crippen molar-refractivity contribution in [1.29, 1.82) is 0 Å². The molecule has 1 saturated heterocycles. The first-order valence-electron chi connectivity index (χ1n) is 23.4. The number of rotatable bonds is 13. The smallest absolute Gasteiger partial charge is 0.355 e. The molecule has 0 spiro atoms.